The predicted octanol–water partition coefficient (Wildman–Crippen LogP) is 2.58. The summed E-state index contributed by atoms with van der Waals surface area (Å²) in [6, 6.07) is 8.15. The molecule has 0 aromatic heterocycles. The summed E-state index contributed by atoms with van der Waals surface area (Å²) in [6.45, 7) is 3.37. The number of halogens is 1. The molecule has 0 amide bonds. The molecule has 1 saturated heterocycles. The molecule has 1 saturated carbocycles. The first kappa shape index (κ1) is 15.3. The van der Waals surface area contributed by atoms with Crippen LogP contribution in [-0.2, 0) is 5.41 Å². The van der Waals surface area contributed by atoms with Gasteiger partial charge in [0.1, 0.15) is 12.6 Å². The Labute approximate surface area is 133 Å². The van der Waals surface area contributed by atoms with Crippen LogP contribution in [0.15, 0.2) is 24.3 Å². The van der Waals surface area contributed by atoms with Gasteiger partial charge in [-0.1, -0.05) is 30.2 Å². The largest absolute Gasteiger partial charge is 0.386 e. The number of quaternary nitrogens is 1. The second-order valence-electron chi connectivity index (χ2n) is 6.90. The molecular weight excluding hydrogens is 282 g/mol. The molecule has 1 aliphatic heterocycles. The number of aliphatic hydroxyl groups is 1. The maximum atomic E-state index is 10.9. The summed E-state index contributed by atoms with van der Waals surface area (Å²) in [5, 5.41) is 11.7. The fourth-order valence-electron chi connectivity index (χ4n) is 4.06. The van der Waals surface area contributed by atoms with Crippen molar-refractivity contribution >= 4 is 11.6 Å². The van der Waals surface area contributed by atoms with Gasteiger partial charge >= 0.3 is 0 Å². The SMILES string of the molecule is OC(C[NH+]1CCCCCC1)C1(c2ccc(Cl)cc2)CCC1. The van der Waals surface area contributed by atoms with Gasteiger partial charge in [-0.05, 0) is 56.2 Å². The Morgan fingerprint density at radius 3 is 2.14 bits per heavy atom. The standard InChI is InChI=1S/C18H26ClNO/c19-16-8-6-15(7-9-16)18(10-5-11-18)17(21)14-20-12-3-1-2-4-13-20/h6-9,17,21H,1-5,10-14H2/p+1. The van der Waals surface area contributed by atoms with Crippen molar-refractivity contribution in [2.24, 2.45) is 0 Å². The van der Waals surface area contributed by atoms with Crippen LogP contribution >= 0.6 is 11.6 Å². The molecule has 1 aliphatic carbocycles. The lowest BCUT2D eigenvalue weighted by Crippen LogP contribution is -3.13. The summed E-state index contributed by atoms with van der Waals surface area (Å²) in [5.41, 5.74) is 1.27. The molecule has 1 aromatic carbocycles. The third-order valence-corrected chi connectivity index (χ3v) is 5.85. The van der Waals surface area contributed by atoms with E-state index in [0.717, 1.165) is 24.4 Å². The van der Waals surface area contributed by atoms with Gasteiger partial charge in [0, 0.05) is 10.4 Å². The Bertz CT molecular complexity index is 447. The number of nitrogens with one attached hydrogen (secondary N) is 1. The topological polar surface area (TPSA) is 24.7 Å². The number of benzene rings is 1. The van der Waals surface area contributed by atoms with Crippen molar-refractivity contribution < 1.29 is 10.0 Å². The summed E-state index contributed by atoms with van der Waals surface area (Å²) in [7, 11) is 0. The molecule has 116 valence electrons. The highest BCUT2D eigenvalue weighted by Crippen LogP contribution is 2.46. The van der Waals surface area contributed by atoms with Crippen LogP contribution in [0.5, 0.6) is 0 Å². The molecule has 1 atom stereocenters. The number of rotatable bonds is 4. The van der Waals surface area contributed by atoms with Crippen molar-refractivity contribution in [1.29, 1.82) is 0 Å². The Kier molecular flexibility index (Phi) is 4.88. The summed E-state index contributed by atoms with van der Waals surface area (Å²) in [6.07, 6.45) is 8.59. The van der Waals surface area contributed by atoms with Crippen LogP contribution in [0.25, 0.3) is 0 Å². The van der Waals surface area contributed by atoms with Crippen LogP contribution in [0.2, 0.25) is 5.02 Å². The third-order valence-electron chi connectivity index (χ3n) is 5.60. The minimum atomic E-state index is -0.222. The first-order chi connectivity index (χ1) is 10.2. The van der Waals surface area contributed by atoms with Crippen molar-refractivity contribution in [3.63, 3.8) is 0 Å². The van der Waals surface area contributed by atoms with E-state index in [0.29, 0.717) is 0 Å². The zero-order valence-electron chi connectivity index (χ0n) is 12.8. The van der Waals surface area contributed by atoms with E-state index in [1.807, 2.05) is 12.1 Å². The Morgan fingerprint density at radius 2 is 1.62 bits per heavy atom. The molecule has 2 nitrogen and oxygen atoms in total. The average molecular weight is 309 g/mol. The summed E-state index contributed by atoms with van der Waals surface area (Å²) < 4.78 is 0. The Balaban J connectivity index is 1.71. The average Bonchev–Trinajstić information content (AvgIpc) is 2.68. The van der Waals surface area contributed by atoms with E-state index in [1.165, 1.54) is 50.8 Å². The molecular formula is C18H27ClNO+. The van der Waals surface area contributed by atoms with Gasteiger partial charge in [0.25, 0.3) is 0 Å². The van der Waals surface area contributed by atoms with E-state index in [-0.39, 0.29) is 11.5 Å². The minimum Gasteiger partial charge on any atom is -0.386 e. The molecule has 2 N–H and O–H groups in total. The normalized spacial score (nSPS) is 24.1. The van der Waals surface area contributed by atoms with Crippen LogP contribution < -0.4 is 4.90 Å². The predicted molar refractivity (Wildman–Crippen MR) is 87.0 cm³/mol. The van der Waals surface area contributed by atoms with Crippen molar-refractivity contribution in [3.05, 3.63) is 34.9 Å². The first-order valence-corrected chi connectivity index (χ1v) is 8.86. The highest BCUT2D eigenvalue weighted by atomic mass is 35.5. The highest BCUT2D eigenvalue weighted by Gasteiger charge is 2.46. The maximum Gasteiger partial charge on any atom is 0.112 e. The van der Waals surface area contributed by atoms with Crippen molar-refractivity contribution in [2.75, 3.05) is 19.6 Å². The van der Waals surface area contributed by atoms with E-state index in [1.54, 1.807) is 4.90 Å². The van der Waals surface area contributed by atoms with Gasteiger partial charge in [-0.15, -0.1) is 0 Å². The van der Waals surface area contributed by atoms with Gasteiger partial charge in [0.2, 0.25) is 0 Å². The van der Waals surface area contributed by atoms with Gasteiger partial charge in [-0.25, -0.2) is 0 Å². The van der Waals surface area contributed by atoms with Crippen LogP contribution in [-0.4, -0.2) is 30.8 Å². The molecule has 1 unspecified atom stereocenters. The molecule has 0 radical (unpaired) electrons. The van der Waals surface area contributed by atoms with Crippen LogP contribution in [0.1, 0.15) is 50.5 Å². The number of likely N-dealkylation sites (tertiary alicyclic amines) is 1. The van der Waals surface area contributed by atoms with Crippen molar-refractivity contribution in [2.45, 2.75) is 56.5 Å². The monoisotopic (exact) mass is 308 g/mol. The molecule has 2 aliphatic rings. The Hall–Kier alpha value is -0.570. The van der Waals surface area contributed by atoms with E-state index >= 15 is 0 Å². The molecule has 0 bridgehead atoms. The molecule has 0 spiro atoms. The minimum absolute atomic E-state index is 0.0100. The zero-order chi connectivity index (χ0) is 14.7. The second-order valence-corrected chi connectivity index (χ2v) is 7.34. The van der Waals surface area contributed by atoms with Crippen molar-refractivity contribution in [1.82, 2.24) is 0 Å². The van der Waals surface area contributed by atoms with E-state index in [4.69, 9.17) is 11.6 Å². The van der Waals surface area contributed by atoms with Gasteiger partial charge < -0.3 is 10.0 Å². The first-order valence-electron chi connectivity index (χ1n) is 8.48. The fraction of sp³-hybridized carbons (Fsp3) is 0.667. The van der Waals surface area contributed by atoms with Crippen LogP contribution in [0.3, 0.4) is 0 Å². The summed E-state index contributed by atoms with van der Waals surface area (Å²) in [5.74, 6) is 0. The van der Waals surface area contributed by atoms with E-state index in [9.17, 15) is 5.11 Å². The molecule has 1 heterocycles. The lowest BCUT2D eigenvalue weighted by Gasteiger charge is -2.46. The molecule has 3 rings (SSSR count). The fourth-order valence-corrected chi connectivity index (χ4v) is 4.18. The summed E-state index contributed by atoms with van der Waals surface area (Å²) in [4.78, 5) is 1.60. The smallest absolute Gasteiger partial charge is 0.112 e. The number of hydrogen-bond acceptors (Lipinski definition) is 1. The Morgan fingerprint density at radius 1 is 1.00 bits per heavy atom. The van der Waals surface area contributed by atoms with E-state index < -0.39 is 0 Å². The van der Waals surface area contributed by atoms with Gasteiger partial charge in [-0.2, -0.15) is 0 Å². The number of aliphatic hydroxyl groups excluding tert-OH is 1. The lowest BCUT2D eigenvalue weighted by atomic mass is 9.61. The molecule has 1 aromatic rings. The van der Waals surface area contributed by atoms with Gasteiger partial charge in [0.15, 0.2) is 0 Å². The summed E-state index contributed by atoms with van der Waals surface area (Å²) >= 11 is 6.01. The van der Waals surface area contributed by atoms with Crippen molar-refractivity contribution in [3.8, 4) is 0 Å². The second kappa shape index (κ2) is 6.68. The quantitative estimate of drug-likeness (QED) is 0.878. The molecule has 21 heavy (non-hydrogen) atoms. The molecule has 3 heteroatoms. The van der Waals surface area contributed by atoms with E-state index in [2.05, 4.69) is 12.1 Å². The molecule has 2 fully saturated rings. The van der Waals surface area contributed by atoms with Gasteiger partial charge in [-0.3, -0.25) is 0 Å². The van der Waals surface area contributed by atoms with Gasteiger partial charge in [0.05, 0.1) is 13.1 Å². The maximum absolute atomic E-state index is 10.9. The third kappa shape index (κ3) is 3.28. The lowest BCUT2D eigenvalue weighted by molar-refractivity contribution is -0.903. The zero-order valence-corrected chi connectivity index (χ0v) is 13.5. The van der Waals surface area contributed by atoms with Crippen LogP contribution in [0, 0.1) is 0 Å². The van der Waals surface area contributed by atoms with Crippen LogP contribution in [0.4, 0.5) is 0 Å². The highest BCUT2D eigenvalue weighted by molar-refractivity contribution is 6.30. The number of hydrogen-bond donors (Lipinski definition) is 2.